The highest BCUT2D eigenvalue weighted by Crippen LogP contribution is 2.35. The largest absolute Gasteiger partial charge is 0.490 e. The van der Waals surface area contributed by atoms with Crippen molar-refractivity contribution in [3.63, 3.8) is 0 Å². The minimum Gasteiger partial charge on any atom is -0.490 e. The molecule has 0 saturated carbocycles. The van der Waals surface area contributed by atoms with Crippen molar-refractivity contribution in [2.24, 2.45) is 5.73 Å². The van der Waals surface area contributed by atoms with Gasteiger partial charge in [-0.15, -0.1) is 0 Å². The van der Waals surface area contributed by atoms with E-state index in [1.165, 1.54) is 9.71 Å². The van der Waals surface area contributed by atoms with Gasteiger partial charge in [-0.3, -0.25) is 9.71 Å². The van der Waals surface area contributed by atoms with Crippen LogP contribution in [0.3, 0.4) is 0 Å². The highest BCUT2D eigenvalue weighted by Gasteiger charge is 2.27. The molecule has 1 fully saturated rings. The summed E-state index contributed by atoms with van der Waals surface area (Å²) in [7, 11) is -3.64. The van der Waals surface area contributed by atoms with Gasteiger partial charge < -0.3 is 15.4 Å². The molecule has 6 rings (SSSR count). The summed E-state index contributed by atoms with van der Waals surface area (Å²) in [6.45, 7) is 1.80. The number of ether oxygens (including phenoxy) is 1. The predicted octanol–water partition coefficient (Wildman–Crippen LogP) is 4.28. The Balaban J connectivity index is 1.19. The van der Waals surface area contributed by atoms with Crippen LogP contribution in [0.15, 0.2) is 78.5 Å². The second-order valence-corrected chi connectivity index (χ2v) is 11.5. The Labute approximate surface area is 227 Å². The van der Waals surface area contributed by atoms with E-state index >= 15 is 0 Å². The molecule has 1 aromatic heterocycles. The molecule has 2 aliphatic rings. The number of amidine groups is 1. The third-order valence-electron chi connectivity index (χ3n) is 7.12. The van der Waals surface area contributed by atoms with Crippen LogP contribution in [0.5, 0.6) is 5.75 Å². The number of sulfonamides is 1. The average Bonchev–Trinajstić information content (AvgIpc) is 2.95. The van der Waals surface area contributed by atoms with Crippen LogP contribution in [-0.4, -0.2) is 43.4 Å². The summed E-state index contributed by atoms with van der Waals surface area (Å²) in [6.07, 6.45) is 6.88. The van der Waals surface area contributed by atoms with Gasteiger partial charge in [-0.25, -0.2) is 18.4 Å². The molecule has 0 bridgehead atoms. The number of anilines is 2. The number of aromatic nitrogens is 2. The summed E-state index contributed by atoms with van der Waals surface area (Å²) in [5.41, 5.74) is 8.52. The third kappa shape index (κ3) is 5.15. The Hall–Kier alpha value is -4.44. The number of fused-ring (bicyclic) bond motifs is 2. The molecule has 3 heterocycles. The molecule has 3 N–H and O–H groups in total. The third-order valence-corrected chi connectivity index (χ3v) is 8.54. The number of nitrogen functional groups attached to an aromatic ring is 1. The lowest BCUT2D eigenvalue weighted by atomic mass is 10.0. The number of nitrogens with two attached hydrogens (primary N) is 1. The van der Waals surface area contributed by atoms with Gasteiger partial charge in [0.2, 0.25) is 5.95 Å². The van der Waals surface area contributed by atoms with E-state index in [1.807, 2.05) is 54.6 Å². The Morgan fingerprint density at radius 3 is 2.54 bits per heavy atom. The van der Waals surface area contributed by atoms with Crippen molar-refractivity contribution < 1.29 is 13.2 Å². The fourth-order valence-electron chi connectivity index (χ4n) is 5.06. The van der Waals surface area contributed by atoms with Crippen molar-refractivity contribution in [2.75, 3.05) is 22.3 Å². The molecule has 3 aromatic carbocycles. The second kappa shape index (κ2) is 10.0. The number of hydrogen-bond donors (Lipinski definition) is 2. The Morgan fingerprint density at radius 1 is 1.00 bits per heavy atom. The summed E-state index contributed by atoms with van der Waals surface area (Å²) in [6, 6.07) is 18.7. The maximum Gasteiger partial charge on any atom is 0.257 e. The van der Waals surface area contributed by atoms with Gasteiger partial charge in [-0.05, 0) is 58.8 Å². The fourth-order valence-corrected chi connectivity index (χ4v) is 6.29. The summed E-state index contributed by atoms with van der Waals surface area (Å²) in [4.78, 5) is 10.8. The zero-order valence-electron chi connectivity index (χ0n) is 21.2. The molecule has 0 amide bonds. The average molecular weight is 541 g/mol. The maximum atomic E-state index is 13.1. The first-order chi connectivity index (χ1) is 18.9. The van der Waals surface area contributed by atoms with Crippen molar-refractivity contribution in [3.05, 3.63) is 95.2 Å². The first-order valence-electron chi connectivity index (χ1n) is 12.8. The van der Waals surface area contributed by atoms with Crippen LogP contribution in [0.25, 0.3) is 16.8 Å². The highest BCUT2D eigenvalue weighted by atomic mass is 32.2. The van der Waals surface area contributed by atoms with Gasteiger partial charge in [-0.1, -0.05) is 24.3 Å². The van der Waals surface area contributed by atoms with Gasteiger partial charge >= 0.3 is 0 Å². The van der Waals surface area contributed by atoms with Crippen molar-refractivity contribution in [3.8, 4) is 5.75 Å². The number of rotatable bonds is 6. The van der Waals surface area contributed by atoms with E-state index in [0.29, 0.717) is 11.3 Å². The van der Waals surface area contributed by atoms with E-state index in [-0.39, 0.29) is 18.5 Å². The van der Waals surface area contributed by atoms with E-state index in [4.69, 9.17) is 15.9 Å². The zero-order valence-corrected chi connectivity index (χ0v) is 22.0. The van der Waals surface area contributed by atoms with Gasteiger partial charge in [0.25, 0.3) is 10.0 Å². The van der Waals surface area contributed by atoms with Crippen LogP contribution in [-0.2, 0) is 16.6 Å². The van der Waals surface area contributed by atoms with Crippen LogP contribution < -0.4 is 19.7 Å². The molecule has 4 aromatic rings. The summed E-state index contributed by atoms with van der Waals surface area (Å²) in [5.74, 6) is 1.45. The Morgan fingerprint density at radius 2 is 1.77 bits per heavy atom. The lowest BCUT2D eigenvalue weighted by Crippen LogP contribution is -2.39. The van der Waals surface area contributed by atoms with Gasteiger partial charge in [0, 0.05) is 49.5 Å². The first-order valence-corrected chi connectivity index (χ1v) is 14.3. The smallest absolute Gasteiger partial charge is 0.257 e. The van der Waals surface area contributed by atoms with Crippen LogP contribution in [0, 0.1) is 5.41 Å². The molecule has 9 nitrogen and oxygen atoms in total. The molecule has 0 unspecified atom stereocenters. The zero-order chi connectivity index (χ0) is 27.0. The molecule has 0 atom stereocenters. The van der Waals surface area contributed by atoms with Crippen molar-refractivity contribution >= 4 is 44.3 Å². The SMILES string of the molecule is N=C(N)c1ccc2ccc(CN3c4ccc(OC5CCN(c6ncccn6)CC5)cc4C=CS3(=O)=O)cc2c1. The van der Waals surface area contributed by atoms with Crippen LogP contribution >= 0.6 is 0 Å². The molecule has 39 heavy (non-hydrogen) atoms. The van der Waals surface area contributed by atoms with Crippen LogP contribution in [0.1, 0.15) is 29.5 Å². The Kier molecular flexibility index (Phi) is 6.40. The minimum atomic E-state index is -3.64. The van der Waals surface area contributed by atoms with Crippen molar-refractivity contribution in [1.29, 1.82) is 5.41 Å². The van der Waals surface area contributed by atoms with Crippen LogP contribution in [0.4, 0.5) is 11.6 Å². The molecule has 198 valence electrons. The highest BCUT2D eigenvalue weighted by molar-refractivity contribution is 7.95. The molecular formula is C29H28N6O3S. The van der Waals surface area contributed by atoms with E-state index in [2.05, 4.69) is 14.9 Å². The standard InChI is InChI=1S/C29H28N6O3S/c30-28(31)23-5-4-21-3-2-20(16-24(21)17-23)19-35-27-7-6-26(18-22(27)10-15-39(35,36)37)38-25-8-13-34(14-9-25)29-32-11-1-12-33-29/h1-7,10-12,15-18,25H,8-9,13-14,19H2,(H3,30,31). The molecule has 10 heteroatoms. The topological polar surface area (TPSA) is 126 Å². The van der Waals surface area contributed by atoms with E-state index in [9.17, 15) is 8.42 Å². The minimum absolute atomic E-state index is 0.00577. The predicted molar refractivity (Wildman–Crippen MR) is 153 cm³/mol. The van der Waals surface area contributed by atoms with Gasteiger partial charge in [0.05, 0.1) is 17.6 Å². The Bertz CT molecular complexity index is 1680. The van der Waals surface area contributed by atoms with Crippen molar-refractivity contribution in [2.45, 2.75) is 25.5 Å². The summed E-state index contributed by atoms with van der Waals surface area (Å²) < 4.78 is 33.8. The van der Waals surface area contributed by atoms with Gasteiger partial charge in [-0.2, -0.15) is 0 Å². The molecule has 1 saturated heterocycles. The molecule has 0 aliphatic carbocycles. The molecular weight excluding hydrogens is 512 g/mol. The van der Waals surface area contributed by atoms with Crippen LogP contribution in [0.2, 0.25) is 0 Å². The number of piperidine rings is 1. The first kappa shape index (κ1) is 24.9. The quantitative estimate of drug-likeness (QED) is 0.276. The van der Waals surface area contributed by atoms with Crippen molar-refractivity contribution in [1.82, 2.24) is 9.97 Å². The van der Waals surface area contributed by atoms with Gasteiger partial charge in [0.15, 0.2) is 0 Å². The fraction of sp³-hybridized carbons (Fsp3) is 0.207. The normalized spacial score (nSPS) is 16.7. The second-order valence-electron chi connectivity index (χ2n) is 9.74. The number of nitrogens with zero attached hydrogens (tertiary/aromatic N) is 4. The lowest BCUT2D eigenvalue weighted by Gasteiger charge is -2.32. The van der Waals surface area contributed by atoms with E-state index < -0.39 is 10.0 Å². The van der Waals surface area contributed by atoms with E-state index in [0.717, 1.165) is 59.5 Å². The summed E-state index contributed by atoms with van der Waals surface area (Å²) >= 11 is 0. The van der Waals surface area contributed by atoms with E-state index in [1.54, 1.807) is 24.5 Å². The summed E-state index contributed by atoms with van der Waals surface area (Å²) in [5, 5.41) is 10.9. The molecule has 0 radical (unpaired) electrons. The van der Waals surface area contributed by atoms with Gasteiger partial charge in [0.1, 0.15) is 17.7 Å². The number of nitrogens with one attached hydrogen (secondary N) is 1. The molecule has 2 aliphatic heterocycles. The lowest BCUT2D eigenvalue weighted by molar-refractivity contribution is 0.170. The monoisotopic (exact) mass is 540 g/mol. The number of benzene rings is 3. The number of hydrogen-bond acceptors (Lipinski definition) is 7. The maximum absolute atomic E-state index is 13.1. The molecule has 0 spiro atoms.